The lowest BCUT2D eigenvalue weighted by atomic mass is 10.0. The Bertz CT molecular complexity index is 897. The van der Waals surface area contributed by atoms with Gasteiger partial charge in [-0.1, -0.05) is 35.3 Å². The van der Waals surface area contributed by atoms with E-state index in [0.717, 1.165) is 11.3 Å². The van der Waals surface area contributed by atoms with Gasteiger partial charge in [0.1, 0.15) is 5.75 Å². The van der Waals surface area contributed by atoms with E-state index in [0.29, 0.717) is 48.2 Å². The molecule has 2 aromatic carbocycles. The number of halogens is 2. The van der Waals surface area contributed by atoms with Crippen LogP contribution in [0.4, 0.5) is 10.5 Å². The van der Waals surface area contributed by atoms with Crippen LogP contribution in [0.25, 0.3) is 0 Å². The molecule has 0 spiro atoms. The van der Waals surface area contributed by atoms with E-state index in [1.807, 2.05) is 29.2 Å². The minimum Gasteiger partial charge on any atom is -0.497 e. The quantitative estimate of drug-likeness (QED) is 0.694. The van der Waals surface area contributed by atoms with Crippen LogP contribution < -0.4 is 10.1 Å². The zero-order valence-corrected chi connectivity index (χ0v) is 18.5. The lowest BCUT2D eigenvalue weighted by molar-refractivity contribution is -0.130. The van der Waals surface area contributed by atoms with E-state index < -0.39 is 0 Å². The SMILES string of the molecule is COc1ccc(CN(C(=O)Nc2cc(Cl)ccc2Cl)C2CCN(C(C)=O)CC2)cc1. The first-order valence-corrected chi connectivity index (χ1v) is 10.5. The highest BCUT2D eigenvalue weighted by molar-refractivity contribution is 6.35. The first-order valence-electron chi connectivity index (χ1n) is 9.78. The van der Waals surface area contributed by atoms with Crippen molar-refractivity contribution >= 4 is 40.8 Å². The zero-order chi connectivity index (χ0) is 21.7. The number of urea groups is 1. The maximum absolute atomic E-state index is 13.2. The van der Waals surface area contributed by atoms with Crippen LogP contribution in [0.5, 0.6) is 5.75 Å². The number of methoxy groups -OCH3 is 1. The zero-order valence-electron chi connectivity index (χ0n) is 17.0. The second-order valence-electron chi connectivity index (χ2n) is 7.27. The highest BCUT2D eigenvalue weighted by atomic mass is 35.5. The molecule has 1 aliphatic rings. The van der Waals surface area contributed by atoms with Crippen molar-refractivity contribution in [3.05, 3.63) is 58.1 Å². The van der Waals surface area contributed by atoms with Gasteiger partial charge in [-0.15, -0.1) is 0 Å². The number of nitrogens with zero attached hydrogens (tertiary/aromatic N) is 2. The summed E-state index contributed by atoms with van der Waals surface area (Å²) in [5.41, 5.74) is 1.45. The maximum Gasteiger partial charge on any atom is 0.322 e. The smallest absolute Gasteiger partial charge is 0.322 e. The first-order chi connectivity index (χ1) is 14.4. The van der Waals surface area contributed by atoms with Crippen LogP contribution in [0.2, 0.25) is 10.0 Å². The Labute approximate surface area is 186 Å². The van der Waals surface area contributed by atoms with Crippen LogP contribution in [0.1, 0.15) is 25.3 Å². The molecule has 1 aliphatic heterocycles. The van der Waals surface area contributed by atoms with Crippen molar-refractivity contribution in [3.8, 4) is 5.75 Å². The van der Waals surface area contributed by atoms with E-state index >= 15 is 0 Å². The van der Waals surface area contributed by atoms with E-state index in [4.69, 9.17) is 27.9 Å². The van der Waals surface area contributed by atoms with Gasteiger partial charge in [0.2, 0.25) is 5.91 Å². The van der Waals surface area contributed by atoms with E-state index in [-0.39, 0.29) is 18.0 Å². The number of carbonyl (C=O) groups is 2. The maximum atomic E-state index is 13.2. The largest absolute Gasteiger partial charge is 0.497 e. The van der Waals surface area contributed by atoms with E-state index in [9.17, 15) is 9.59 Å². The van der Waals surface area contributed by atoms with Crippen LogP contribution in [0, 0.1) is 0 Å². The first kappa shape index (κ1) is 22.2. The van der Waals surface area contributed by atoms with Crippen molar-refractivity contribution in [1.82, 2.24) is 9.80 Å². The molecule has 1 heterocycles. The topological polar surface area (TPSA) is 61.9 Å². The van der Waals surface area contributed by atoms with Gasteiger partial charge in [-0.3, -0.25) is 4.79 Å². The number of amides is 3. The number of ether oxygens (including phenoxy) is 1. The Kier molecular flexibility index (Phi) is 7.45. The number of carbonyl (C=O) groups excluding carboxylic acids is 2. The van der Waals surface area contributed by atoms with Gasteiger partial charge in [0.05, 0.1) is 17.8 Å². The Morgan fingerprint density at radius 2 is 1.80 bits per heavy atom. The molecule has 0 atom stereocenters. The standard InChI is InChI=1S/C22H25Cl2N3O3/c1-15(28)26-11-9-18(10-12-26)27(14-16-3-6-19(30-2)7-4-16)22(29)25-21-13-17(23)5-8-20(21)24/h3-8,13,18H,9-12,14H2,1-2H3,(H,25,29). The highest BCUT2D eigenvalue weighted by Crippen LogP contribution is 2.27. The number of benzene rings is 2. The third kappa shape index (κ3) is 5.58. The second kappa shape index (κ2) is 10.0. The van der Waals surface area contributed by atoms with Crippen molar-refractivity contribution in [2.45, 2.75) is 32.4 Å². The lowest BCUT2D eigenvalue weighted by Crippen LogP contribution is -2.49. The van der Waals surface area contributed by atoms with Crippen LogP contribution in [-0.2, 0) is 11.3 Å². The third-order valence-electron chi connectivity index (χ3n) is 5.29. The summed E-state index contributed by atoms with van der Waals surface area (Å²) in [6, 6.07) is 12.3. The number of likely N-dealkylation sites (tertiary alicyclic amines) is 1. The molecular formula is C22H25Cl2N3O3. The predicted octanol–water partition coefficient (Wildman–Crippen LogP) is 5.05. The number of hydrogen-bond acceptors (Lipinski definition) is 3. The molecule has 30 heavy (non-hydrogen) atoms. The molecule has 3 amide bonds. The van der Waals surface area contributed by atoms with Crippen molar-refractivity contribution in [1.29, 1.82) is 0 Å². The van der Waals surface area contributed by atoms with Gasteiger partial charge in [-0.05, 0) is 48.7 Å². The van der Waals surface area contributed by atoms with Gasteiger partial charge in [-0.25, -0.2) is 4.79 Å². The summed E-state index contributed by atoms with van der Waals surface area (Å²) in [6.45, 7) is 3.26. The molecule has 0 saturated carbocycles. The molecule has 6 nitrogen and oxygen atoms in total. The molecule has 8 heteroatoms. The summed E-state index contributed by atoms with van der Waals surface area (Å²) in [6.07, 6.45) is 1.43. The molecule has 1 N–H and O–H groups in total. The van der Waals surface area contributed by atoms with Crippen LogP contribution in [0.3, 0.4) is 0 Å². The average molecular weight is 450 g/mol. The van der Waals surface area contributed by atoms with Crippen LogP contribution in [-0.4, -0.2) is 48.0 Å². The molecule has 0 unspecified atom stereocenters. The van der Waals surface area contributed by atoms with Crippen molar-refractivity contribution in [3.63, 3.8) is 0 Å². The van der Waals surface area contributed by atoms with E-state index in [1.54, 1.807) is 37.1 Å². The summed E-state index contributed by atoms with van der Waals surface area (Å²) in [5, 5.41) is 3.80. The average Bonchev–Trinajstić information content (AvgIpc) is 2.75. The number of piperidine rings is 1. The molecule has 1 fully saturated rings. The van der Waals surface area contributed by atoms with E-state index in [2.05, 4.69) is 5.32 Å². The number of hydrogen-bond donors (Lipinski definition) is 1. The molecule has 0 bridgehead atoms. The van der Waals surface area contributed by atoms with Crippen LogP contribution in [0.15, 0.2) is 42.5 Å². The fraction of sp³-hybridized carbons (Fsp3) is 0.364. The monoisotopic (exact) mass is 449 g/mol. The fourth-order valence-electron chi connectivity index (χ4n) is 3.57. The number of nitrogens with one attached hydrogen (secondary N) is 1. The lowest BCUT2D eigenvalue weighted by Gasteiger charge is -2.38. The predicted molar refractivity (Wildman–Crippen MR) is 119 cm³/mol. The second-order valence-corrected chi connectivity index (χ2v) is 8.11. The van der Waals surface area contributed by atoms with Crippen molar-refractivity contribution < 1.29 is 14.3 Å². The normalized spacial score (nSPS) is 14.3. The highest BCUT2D eigenvalue weighted by Gasteiger charge is 2.29. The van der Waals surface area contributed by atoms with Crippen LogP contribution >= 0.6 is 23.2 Å². The summed E-state index contributed by atoms with van der Waals surface area (Å²) in [7, 11) is 1.62. The molecule has 2 aromatic rings. The van der Waals surface area contributed by atoms with Gasteiger partial charge < -0.3 is 19.9 Å². The molecule has 3 rings (SSSR count). The minimum absolute atomic E-state index is 0.000612. The summed E-state index contributed by atoms with van der Waals surface area (Å²) >= 11 is 12.3. The van der Waals surface area contributed by atoms with Gasteiger partial charge in [0, 0.05) is 37.6 Å². The van der Waals surface area contributed by atoms with Crippen molar-refractivity contribution in [2.24, 2.45) is 0 Å². The van der Waals surface area contributed by atoms with Gasteiger partial charge in [0.25, 0.3) is 0 Å². The Morgan fingerprint density at radius 3 is 2.40 bits per heavy atom. The van der Waals surface area contributed by atoms with Gasteiger partial charge >= 0.3 is 6.03 Å². The molecular weight excluding hydrogens is 425 g/mol. The Balaban J connectivity index is 1.79. The summed E-state index contributed by atoms with van der Waals surface area (Å²) in [4.78, 5) is 28.5. The summed E-state index contributed by atoms with van der Waals surface area (Å²) < 4.78 is 5.22. The number of rotatable bonds is 5. The minimum atomic E-state index is -0.253. The third-order valence-corrected chi connectivity index (χ3v) is 5.86. The molecule has 0 aliphatic carbocycles. The van der Waals surface area contributed by atoms with Gasteiger partial charge in [0.15, 0.2) is 0 Å². The van der Waals surface area contributed by atoms with Crippen molar-refractivity contribution in [2.75, 3.05) is 25.5 Å². The molecule has 160 valence electrons. The fourth-order valence-corrected chi connectivity index (χ4v) is 3.90. The Morgan fingerprint density at radius 1 is 1.13 bits per heavy atom. The van der Waals surface area contributed by atoms with Gasteiger partial charge in [-0.2, -0.15) is 0 Å². The summed E-state index contributed by atoms with van der Waals surface area (Å²) in [5.74, 6) is 0.820. The molecule has 0 radical (unpaired) electrons. The number of anilines is 1. The Hall–Kier alpha value is -2.44. The molecule has 0 aromatic heterocycles. The van der Waals surface area contributed by atoms with E-state index in [1.165, 1.54) is 0 Å². The molecule has 1 saturated heterocycles.